The van der Waals surface area contributed by atoms with Gasteiger partial charge in [-0.25, -0.2) is 0 Å². The van der Waals surface area contributed by atoms with Crippen molar-refractivity contribution in [1.29, 1.82) is 0 Å². The number of hydrogen-bond donors (Lipinski definition) is 1. The van der Waals surface area contributed by atoms with Crippen LogP contribution in [0.5, 0.6) is 0 Å². The summed E-state index contributed by atoms with van der Waals surface area (Å²) >= 11 is 0. The molecule has 30 heavy (non-hydrogen) atoms. The van der Waals surface area contributed by atoms with Gasteiger partial charge in [0.15, 0.2) is 0 Å². The molecule has 0 aliphatic heterocycles. The summed E-state index contributed by atoms with van der Waals surface area (Å²) in [7, 11) is -2.46. The highest BCUT2D eigenvalue weighted by Gasteiger charge is 2.21. The van der Waals surface area contributed by atoms with Crippen LogP contribution in [0.25, 0.3) is 0 Å². The molecule has 0 aliphatic carbocycles. The van der Waals surface area contributed by atoms with Gasteiger partial charge in [0.2, 0.25) is 0 Å². The fraction of sp³-hybridized carbons (Fsp3) is 0.538. The molecule has 0 saturated heterocycles. The molecule has 164 valence electrons. The second-order valence-corrected chi connectivity index (χ2v) is 9.48. The van der Waals surface area contributed by atoms with Gasteiger partial charge in [0.05, 0.1) is 0 Å². The van der Waals surface area contributed by atoms with Gasteiger partial charge in [-0.1, -0.05) is 102 Å². The van der Waals surface area contributed by atoms with Crippen molar-refractivity contribution in [3.63, 3.8) is 0 Å². The van der Waals surface area contributed by atoms with E-state index in [9.17, 15) is 4.57 Å². The second kappa shape index (κ2) is 13.0. The van der Waals surface area contributed by atoms with Crippen molar-refractivity contribution >= 4 is 8.25 Å². The molecular weight excluding hydrogens is 391 g/mol. The van der Waals surface area contributed by atoms with Crippen molar-refractivity contribution in [3.8, 4) is 0 Å². The highest BCUT2D eigenvalue weighted by molar-refractivity contribution is 7.32. The average Bonchev–Trinajstić information content (AvgIpc) is 2.72. The summed E-state index contributed by atoms with van der Waals surface area (Å²) in [5.41, 5.74) is 5.86. The Balaban J connectivity index is 2.12. The number of hydrogen-bond acceptors (Lipinski definition) is 2. The van der Waals surface area contributed by atoms with E-state index < -0.39 is 8.25 Å². The molecule has 2 rings (SSSR count). The van der Waals surface area contributed by atoms with E-state index in [0.717, 1.165) is 25.7 Å². The fourth-order valence-corrected chi connectivity index (χ4v) is 4.60. The van der Waals surface area contributed by atoms with Gasteiger partial charge < -0.3 is 0 Å². The first-order chi connectivity index (χ1) is 14.4. The maximum atomic E-state index is 10.6. The zero-order chi connectivity index (χ0) is 21.9. The lowest BCUT2D eigenvalue weighted by Gasteiger charge is -2.26. The van der Waals surface area contributed by atoms with Crippen molar-refractivity contribution in [2.75, 3.05) is 6.61 Å². The van der Waals surface area contributed by atoms with E-state index in [1.807, 2.05) is 0 Å². The minimum Gasteiger partial charge on any atom is -0.133 e. The second-order valence-electron chi connectivity index (χ2n) is 8.75. The molecule has 2 aromatic carbocycles. The Morgan fingerprint density at radius 1 is 0.733 bits per heavy atom. The first-order valence-corrected chi connectivity index (χ1v) is 12.5. The molecule has 4 heteroatoms. The van der Waals surface area contributed by atoms with Crippen molar-refractivity contribution in [3.05, 3.63) is 70.8 Å². The van der Waals surface area contributed by atoms with Gasteiger partial charge in [-0.3, -0.25) is 0 Å². The Kier molecular flexibility index (Phi) is 10.7. The van der Waals surface area contributed by atoms with E-state index in [1.54, 1.807) is 0 Å². The van der Waals surface area contributed by atoms with Gasteiger partial charge in [-0.15, -0.1) is 9.42 Å². The van der Waals surface area contributed by atoms with Gasteiger partial charge in [0.1, 0.15) is 6.61 Å². The van der Waals surface area contributed by atoms with Gasteiger partial charge in [0.25, 0.3) is 0 Å². The number of unbranched alkanes of at least 4 members (excludes halogenated alkanes) is 4. The molecule has 1 atom stereocenters. The molecule has 0 saturated carbocycles. The topological polar surface area (TPSA) is 46.5 Å². The Bertz CT molecular complexity index is 734. The van der Waals surface area contributed by atoms with E-state index in [4.69, 9.17) is 9.42 Å². The molecule has 0 spiro atoms. The Labute approximate surface area is 183 Å². The van der Waals surface area contributed by atoms with Gasteiger partial charge in [-0.05, 0) is 46.9 Å². The molecular formula is C26H38O3P+. The van der Waals surface area contributed by atoms with Crippen LogP contribution in [0.1, 0.15) is 106 Å². The summed E-state index contributed by atoms with van der Waals surface area (Å²) in [4.78, 5) is 8.68. The van der Waals surface area contributed by atoms with Crippen molar-refractivity contribution in [2.24, 2.45) is 0 Å². The summed E-state index contributed by atoms with van der Waals surface area (Å²) in [6, 6.07) is 17.9. The summed E-state index contributed by atoms with van der Waals surface area (Å²) in [5, 5.41) is 0. The van der Waals surface area contributed by atoms with Crippen LogP contribution in [-0.2, 0) is 9.09 Å². The van der Waals surface area contributed by atoms with E-state index in [-0.39, 0.29) is 0 Å². The minimum absolute atomic E-state index is 0.373. The van der Waals surface area contributed by atoms with Crippen LogP contribution in [0.2, 0.25) is 0 Å². The van der Waals surface area contributed by atoms with Crippen molar-refractivity contribution in [1.82, 2.24) is 0 Å². The zero-order valence-electron chi connectivity index (χ0n) is 19.0. The van der Waals surface area contributed by atoms with E-state index in [2.05, 4.69) is 76.2 Å². The van der Waals surface area contributed by atoms with Crippen LogP contribution in [0.15, 0.2) is 48.5 Å². The standard InChI is InChI=1S/C26H37O3P/c1-20(2)22-14-9-11-17-24(22)26(25-18-12-10-15-23(25)21(3)4)16-8-6-5-7-13-19-29-30(27)28/h9-12,14-15,17-18,20-21,26H,5-8,13,16,19H2,1-4H3/p+1. The SMILES string of the molecule is CC(C)c1ccccc1C(CCCCCCCO[P+](=O)O)c1ccccc1C(C)C. The zero-order valence-corrected chi connectivity index (χ0v) is 19.9. The molecule has 1 N–H and O–H groups in total. The highest BCUT2D eigenvalue weighted by Crippen LogP contribution is 2.38. The van der Waals surface area contributed by atoms with Crippen LogP contribution in [-0.4, -0.2) is 11.5 Å². The molecule has 0 fully saturated rings. The average molecular weight is 430 g/mol. The maximum absolute atomic E-state index is 10.6. The van der Waals surface area contributed by atoms with Crippen LogP contribution in [0, 0.1) is 0 Å². The first-order valence-electron chi connectivity index (χ1n) is 11.4. The summed E-state index contributed by atoms with van der Waals surface area (Å²) < 4.78 is 15.3. The predicted octanol–water partition coefficient (Wildman–Crippen LogP) is 8.07. The third-order valence-electron chi connectivity index (χ3n) is 5.83. The fourth-order valence-electron chi connectivity index (χ4n) is 4.31. The lowest BCUT2D eigenvalue weighted by Crippen LogP contribution is -2.09. The van der Waals surface area contributed by atoms with Gasteiger partial charge in [0, 0.05) is 10.5 Å². The maximum Gasteiger partial charge on any atom is 0.694 e. The lowest BCUT2D eigenvalue weighted by atomic mass is 9.78. The molecule has 0 bridgehead atoms. The summed E-state index contributed by atoms with van der Waals surface area (Å²) in [5.74, 6) is 1.44. The van der Waals surface area contributed by atoms with Crippen LogP contribution >= 0.6 is 8.25 Å². The van der Waals surface area contributed by atoms with Crippen LogP contribution < -0.4 is 0 Å². The molecule has 2 aromatic rings. The molecule has 0 aromatic heterocycles. The molecule has 0 heterocycles. The minimum atomic E-state index is -2.46. The molecule has 0 aliphatic rings. The van der Waals surface area contributed by atoms with E-state index in [1.165, 1.54) is 35.1 Å². The van der Waals surface area contributed by atoms with Crippen molar-refractivity contribution in [2.45, 2.75) is 84.0 Å². The van der Waals surface area contributed by atoms with E-state index in [0.29, 0.717) is 24.4 Å². The van der Waals surface area contributed by atoms with Gasteiger partial charge >= 0.3 is 8.25 Å². The van der Waals surface area contributed by atoms with Crippen LogP contribution in [0.4, 0.5) is 0 Å². The van der Waals surface area contributed by atoms with Crippen LogP contribution in [0.3, 0.4) is 0 Å². The molecule has 0 radical (unpaired) electrons. The summed E-state index contributed by atoms with van der Waals surface area (Å²) in [6.07, 6.45) is 6.52. The van der Waals surface area contributed by atoms with Crippen molar-refractivity contribution < 1.29 is 14.0 Å². The Morgan fingerprint density at radius 2 is 1.17 bits per heavy atom. The monoisotopic (exact) mass is 429 g/mol. The normalized spacial score (nSPS) is 12.2. The smallest absolute Gasteiger partial charge is 0.133 e. The largest absolute Gasteiger partial charge is 0.694 e. The van der Waals surface area contributed by atoms with E-state index >= 15 is 0 Å². The number of benzene rings is 2. The third kappa shape index (κ3) is 7.61. The quantitative estimate of drug-likeness (QED) is 0.259. The molecule has 3 nitrogen and oxygen atoms in total. The lowest BCUT2D eigenvalue weighted by molar-refractivity contribution is 0.273. The Hall–Kier alpha value is -1.54. The predicted molar refractivity (Wildman–Crippen MR) is 126 cm³/mol. The Morgan fingerprint density at radius 3 is 1.63 bits per heavy atom. The summed E-state index contributed by atoms with van der Waals surface area (Å²) in [6.45, 7) is 9.51. The van der Waals surface area contributed by atoms with Gasteiger partial charge in [-0.2, -0.15) is 0 Å². The molecule has 0 amide bonds. The highest BCUT2D eigenvalue weighted by atomic mass is 31.1. The molecule has 1 unspecified atom stereocenters. The third-order valence-corrected chi connectivity index (χ3v) is 6.23. The first kappa shape index (κ1) is 24.7. The number of rotatable bonds is 13.